The van der Waals surface area contributed by atoms with E-state index in [0.717, 1.165) is 12.1 Å². The van der Waals surface area contributed by atoms with Gasteiger partial charge >= 0.3 is 5.69 Å². The van der Waals surface area contributed by atoms with E-state index >= 15 is 0 Å². The van der Waals surface area contributed by atoms with Gasteiger partial charge in [0.15, 0.2) is 17.7 Å². The molecule has 20 nitrogen and oxygen atoms in total. The van der Waals surface area contributed by atoms with Crippen LogP contribution in [0.3, 0.4) is 0 Å². The number of aromatic hydroxyl groups is 1. The van der Waals surface area contributed by atoms with E-state index in [-0.39, 0.29) is 27.0 Å². The molecular formula is C26H27N7O13S2. The van der Waals surface area contributed by atoms with Crippen molar-refractivity contribution in [1.29, 1.82) is 0 Å². The molecule has 6 rings (SSSR count). The molecule has 256 valence electrons. The number of benzene rings is 3. The number of nitrogens with zero attached hydrogens (tertiary/aromatic N) is 4. The number of rotatable bonds is 9. The van der Waals surface area contributed by atoms with Gasteiger partial charge in [0, 0.05) is 11.6 Å². The number of fused-ring (bicyclic) bond motifs is 1. The number of aromatic amines is 1. The molecule has 1 aromatic heterocycles. The van der Waals surface area contributed by atoms with Crippen LogP contribution < -0.4 is 16.3 Å². The summed E-state index contributed by atoms with van der Waals surface area (Å²) in [5.74, 6) is -1.43. The lowest BCUT2D eigenvalue weighted by molar-refractivity contribution is -0.470. The number of nitrogens with one attached hydrogen (secondary N) is 3. The normalized spacial score (nSPS) is 24.7. The smallest absolute Gasteiger partial charge is 0.351 e. The highest BCUT2D eigenvalue weighted by molar-refractivity contribution is 8.25. The van der Waals surface area contributed by atoms with Gasteiger partial charge in [0.2, 0.25) is 11.9 Å². The highest BCUT2D eigenvalue weighted by atomic mass is 32.3. The second-order valence-electron chi connectivity index (χ2n) is 10.5. The van der Waals surface area contributed by atoms with E-state index in [0.29, 0.717) is 5.69 Å². The van der Waals surface area contributed by atoms with Crippen molar-refractivity contribution in [3.63, 3.8) is 0 Å². The summed E-state index contributed by atoms with van der Waals surface area (Å²) in [5.41, 5.74) is -0.950. The Balaban J connectivity index is 1.45. The summed E-state index contributed by atoms with van der Waals surface area (Å²) in [4.78, 5) is 22.0. The van der Waals surface area contributed by atoms with Gasteiger partial charge in [-0.2, -0.15) is 23.5 Å². The van der Waals surface area contributed by atoms with Crippen LogP contribution in [0, 0.1) is 0 Å². The van der Waals surface area contributed by atoms with Crippen LogP contribution in [0.1, 0.15) is 0 Å². The number of ether oxygens (including phenoxy) is 1. The van der Waals surface area contributed by atoms with E-state index < -0.39 is 86.2 Å². The zero-order valence-electron chi connectivity index (χ0n) is 24.4. The number of aliphatic hydroxyl groups is 4. The molecule has 0 bridgehead atoms. The van der Waals surface area contributed by atoms with E-state index in [9.17, 15) is 43.3 Å². The summed E-state index contributed by atoms with van der Waals surface area (Å²) < 4.78 is 49.9. The molecule has 0 spiro atoms. The Kier molecular flexibility index (Phi) is 9.05. The molecule has 0 radical (unpaired) electrons. The van der Waals surface area contributed by atoms with E-state index in [1.165, 1.54) is 12.3 Å². The van der Waals surface area contributed by atoms with Crippen LogP contribution in [0.2, 0.25) is 0 Å². The van der Waals surface area contributed by atoms with E-state index in [2.05, 4.69) is 40.9 Å². The first kappa shape index (κ1) is 33.6. The van der Waals surface area contributed by atoms with E-state index in [1.54, 1.807) is 30.3 Å². The topological polar surface area (TPSA) is 300 Å². The maximum atomic E-state index is 12.5. The molecule has 2 saturated heterocycles. The first-order valence-corrected chi connectivity index (χ1v) is 17.0. The highest BCUT2D eigenvalue weighted by Gasteiger charge is 2.44. The number of hydrogen-bond acceptors (Lipinski definition) is 18. The Morgan fingerprint density at radius 2 is 1.77 bits per heavy atom. The van der Waals surface area contributed by atoms with Crippen molar-refractivity contribution in [1.82, 2.24) is 15.0 Å². The number of phenols is 1. The first-order chi connectivity index (χ1) is 22.8. The summed E-state index contributed by atoms with van der Waals surface area (Å²) in [6.07, 6.45) is -4.88. The molecule has 0 saturated carbocycles. The van der Waals surface area contributed by atoms with Crippen LogP contribution in [0.4, 0.5) is 29.0 Å². The predicted octanol–water partition coefficient (Wildman–Crippen LogP) is 1.16. The van der Waals surface area contributed by atoms with Gasteiger partial charge < -0.3 is 40.9 Å². The first-order valence-electron chi connectivity index (χ1n) is 13.7. The Morgan fingerprint density at radius 1 is 1.04 bits per heavy atom. The number of H-pyrrole nitrogens is 1. The van der Waals surface area contributed by atoms with Crippen molar-refractivity contribution < 1.29 is 56.9 Å². The molecule has 22 heteroatoms. The molecule has 4 aromatic rings. The van der Waals surface area contributed by atoms with Crippen molar-refractivity contribution in [3.05, 3.63) is 59.0 Å². The van der Waals surface area contributed by atoms with Gasteiger partial charge in [-0.25, -0.2) is 4.79 Å². The molecule has 9 N–H and O–H groups in total. The zero-order chi connectivity index (χ0) is 34.4. The molecular weight excluding hydrogens is 682 g/mol. The van der Waals surface area contributed by atoms with Crippen molar-refractivity contribution >= 4 is 60.4 Å². The standard InChI is InChI=1S/C26H27N7O13S2/c1-47(45-44-46-47)16-8-11-7-13(48(40,41)42)9-14(17(11)21(36)18(16)33-32-12-5-3-2-4-6-12)27-24-29-25(31-26(39)30-24)28-19-22(37)20(35)15(10-34)43-23(19)38/h2-9,15,19-20,22-23,34-38H,10H2,1H3,(H,40,41,42)(H3,27,28,29,30,31,39). The SMILES string of the molecule is CS1(c2cc3cc(S(=O)(=O)O)cc(Nc4nc(NC5C(O)OC(CO)C(O)C5O)nc(=O)[nH]4)c3c(O)c2N=Nc2ccccc2)OOO1. The fourth-order valence-electron chi connectivity index (χ4n) is 4.91. The third kappa shape index (κ3) is 6.54. The van der Waals surface area contributed by atoms with Gasteiger partial charge in [0.05, 0.1) is 27.8 Å². The maximum Gasteiger partial charge on any atom is 0.351 e. The lowest BCUT2D eigenvalue weighted by Crippen LogP contribution is -2.61. The van der Waals surface area contributed by atoms with Gasteiger partial charge in [0.1, 0.15) is 24.4 Å². The van der Waals surface area contributed by atoms with E-state index in [4.69, 9.17) is 13.4 Å². The average Bonchev–Trinajstić information content (AvgIpc) is 3.02. The van der Waals surface area contributed by atoms with Crippen LogP contribution in [0.5, 0.6) is 5.75 Å². The van der Waals surface area contributed by atoms with E-state index in [1.807, 2.05) is 0 Å². The van der Waals surface area contributed by atoms with Gasteiger partial charge in [0.25, 0.3) is 10.1 Å². The zero-order valence-corrected chi connectivity index (χ0v) is 26.0. The second-order valence-corrected chi connectivity index (χ2v) is 14.2. The highest BCUT2D eigenvalue weighted by Crippen LogP contribution is 2.66. The monoisotopic (exact) mass is 709 g/mol. The lowest BCUT2D eigenvalue weighted by Gasteiger charge is -2.42. The summed E-state index contributed by atoms with van der Waals surface area (Å²) >= 11 is 0. The van der Waals surface area contributed by atoms with Gasteiger partial charge in [-0.15, -0.1) is 5.11 Å². The molecule has 2 aliphatic heterocycles. The molecule has 0 amide bonds. The fraction of sp³-hybridized carbons (Fsp3) is 0.269. The van der Waals surface area contributed by atoms with Crippen LogP contribution in [-0.4, -0.2) is 97.0 Å². The Bertz CT molecular complexity index is 2050. The Morgan fingerprint density at radius 3 is 2.42 bits per heavy atom. The Labute approximate surface area is 271 Å². The predicted molar refractivity (Wildman–Crippen MR) is 164 cm³/mol. The minimum absolute atomic E-state index is 0.0272. The number of hydrogen-bond donors (Lipinski definition) is 9. The van der Waals surface area contributed by atoms with Crippen molar-refractivity contribution in [2.75, 3.05) is 23.5 Å². The maximum absolute atomic E-state index is 12.5. The molecule has 0 aliphatic carbocycles. The summed E-state index contributed by atoms with van der Waals surface area (Å²) in [7, 11) is -7.51. The third-order valence-electron chi connectivity index (χ3n) is 7.26. The molecule has 5 unspecified atom stereocenters. The lowest BCUT2D eigenvalue weighted by atomic mass is 9.97. The van der Waals surface area contributed by atoms with Crippen LogP contribution in [0.25, 0.3) is 10.8 Å². The van der Waals surface area contributed by atoms with Crippen molar-refractivity contribution in [2.24, 2.45) is 10.2 Å². The molecule has 3 heterocycles. The number of aromatic nitrogens is 3. The minimum Gasteiger partial charge on any atom is -0.505 e. The van der Waals surface area contributed by atoms with Gasteiger partial charge in [-0.05, 0) is 40.8 Å². The van der Waals surface area contributed by atoms with Gasteiger partial charge in [-0.1, -0.05) is 37.5 Å². The number of aliphatic hydroxyl groups excluding tert-OH is 4. The molecule has 2 fully saturated rings. The Hall–Kier alpha value is -4.33. The number of phenolic OH excluding ortho intramolecular Hbond substituents is 1. The van der Waals surface area contributed by atoms with Crippen LogP contribution in [0.15, 0.2) is 73.3 Å². The van der Waals surface area contributed by atoms with Crippen molar-refractivity contribution in [3.8, 4) is 5.75 Å². The molecule has 5 atom stereocenters. The largest absolute Gasteiger partial charge is 0.505 e. The summed E-state index contributed by atoms with van der Waals surface area (Å²) in [5, 5.41) is 69.9. The average molecular weight is 710 g/mol. The van der Waals surface area contributed by atoms with Crippen LogP contribution in [-0.2, 0) is 28.6 Å². The molecule has 2 aliphatic rings. The van der Waals surface area contributed by atoms with Crippen LogP contribution >= 0.6 is 10.6 Å². The summed E-state index contributed by atoms with van der Waals surface area (Å²) in [6.45, 7) is -0.702. The van der Waals surface area contributed by atoms with Gasteiger partial charge in [-0.3, -0.25) is 9.54 Å². The number of azo groups is 1. The summed E-state index contributed by atoms with van der Waals surface area (Å²) in [6, 6.07) is 10.4. The second kappa shape index (κ2) is 12.9. The van der Waals surface area contributed by atoms with Crippen molar-refractivity contribution in [2.45, 2.75) is 40.4 Å². The number of anilines is 3. The minimum atomic E-state index is -4.85. The molecule has 48 heavy (non-hydrogen) atoms. The fourth-order valence-corrected chi connectivity index (χ4v) is 6.65. The molecule has 3 aromatic carbocycles. The quantitative estimate of drug-likeness (QED) is 0.0669. The third-order valence-corrected chi connectivity index (χ3v) is 9.83.